The van der Waals surface area contributed by atoms with Crippen LogP contribution in [0.1, 0.15) is 0 Å². The van der Waals surface area contributed by atoms with Crippen molar-refractivity contribution in [3.05, 3.63) is 69.4 Å². The summed E-state index contributed by atoms with van der Waals surface area (Å²) in [5.74, 6) is -0.0206. The minimum Gasteiger partial charge on any atom is -0.506 e. The van der Waals surface area contributed by atoms with Gasteiger partial charge < -0.3 is 5.11 Å². The molecule has 2 aromatic carbocycles. The number of halogens is 1. The Morgan fingerprint density at radius 1 is 0.947 bits per heavy atom. The first-order valence-electron chi connectivity index (χ1n) is 5.78. The summed E-state index contributed by atoms with van der Waals surface area (Å²) in [6.45, 7) is 0. The SMILES string of the molecule is O=c1c(Br)c(O)c2ccccc2n1-c1ccccc1. The number of para-hydroxylation sites is 2. The number of aromatic hydroxyl groups is 1. The van der Waals surface area contributed by atoms with Crippen molar-refractivity contribution in [2.24, 2.45) is 0 Å². The van der Waals surface area contributed by atoms with Crippen LogP contribution in [-0.2, 0) is 0 Å². The van der Waals surface area contributed by atoms with Gasteiger partial charge in [0, 0.05) is 11.1 Å². The van der Waals surface area contributed by atoms with Gasteiger partial charge in [0.05, 0.1) is 5.52 Å². The molecular weight excluding hydrogens is 306 g/mol. The quantitative estimate of drug-likeness (QED) is 0.747. The van der Waals surface area contributed by atoms with Crippen LogP contribution in [-0.4, -0.2) is 9.67 Å². The number of fused-ring (bicyclic) bond motifs is 1. The predicted octanol–water partition coefficient (Wildman–Crippen LogP) is 3.46. The minimum atomic E-state index is -0.276. The Morgan fingerprint density at radius 3 is 2.32 bits per heavy atom. The minimum absolute atomic E-state index is 0.0206. The van der Waals surface area contributed by atoms with Crippen molar-refractivity contribution in [2.75, 3.05) is 0 Å². The molecular formula is C15H10BrNO2. The van der Waals surface area contributed by atoms with E-state index in [1.807, 2.05) is 48.5 Å². The Labute approximate surface area is 117 Å². The molecule has 1 N–H and O–H groups in total. The largest absolute Gasteiger partial charge is 0.506 e. The van der Waals surface area contributed by atoms with Crippen LogP contribution in [0.4, 0.5) is 0 Å². The molecule has 1 heterocycles. The lowest BCUT2D eigenvalue weighted by Crippen LogP contribution is -2.19. The van der Waals surface area contributed by atoms with Crippen molar-refractivity contribution >= 4 is 26.8 Å². The van der Waals surface area contributed by atoms with E-state index in [1.54, 1.807) is 10.6 Å². The number of rotatable bonds is 1. The van der Waals surface area contributed by atoms with E-state index < -0.39 is 0 Å². The summed E-state index contributed by atoms with van der Waals surface area (Å²) in [5, 5.41) is 10.7. The summed E-state index contributed by atoms with van der Waals surface area (Å²) in [5.41, 5.74) is 1.17. The van der Waals surface area contributed by atoms with E-state index in [4.69, 9.17) is 0 Å². The van der Waals surface area contributed by atoms with Gasteiger partial charge in [0.25, 0.3) is 5.56 Å². The first-order chi connectivity index (χ1) is 9.20. The van der Waals surface area contributed by atoms with Crippen LogP contribution in [0.25, 0.3) is 16.6 Å². The van der Waals surface area contributed by atoms with Crippen molar-refractivity contribution in [2.45, 2.75) is 0 Å². The lowest BCUT2D eigenvalue weighted by Gasteiger charge is -2.12. The molecule has 0 aliphatic heterocycles. The highest BCUT2D eigenvalue weighted by molar-refractivity contribution is 9.10. The molecule has 4 heteroatoms. The topological polar surface area (TPSA) is 42.2 Å². The standard InChI is InChI=1S/C15H10BrNO2/c16-13-14(18)11-8-4-5-9-12(11)17(15(13)19)10-6-2-1-3-7-10/h1-9,18H. The maximum Gasteiger partial charge on any atom is 0.273 e. The summed E-state index contributed by atoms with van der Waals surface area (Å²) in [6, 6.07) is 16.6. The molecule has 94 valence electrons. The fourth-order valence-electron chi connectivity index (χ4n) is 2.13. The average molecular weight is 316 g/mol. The molecule has 3 aromatic rings. The summed E-state index contributed by atoms with van der Waals surface area (Å²) in [6.07, 6.45) is 0. The Hall–Kier alpha value is -2.07. The number of aromatic nitrogens is 1. The summed E-state index contributed by atoms with van der Waals surface area (Å²) < 4.78 is 1.76. The molecule has 0 spiro atoms. The second-order valence-corrected chi connectivity index (χ2v) is 4.95. The molecule has 0 atom stereocenters. The summed E-state index contributed by atoms with van der Waals surface area (Å²) in [4.78, 5) is 12.4. The summed E-state index contributed by atoms with van der Waals surface area (Å²) >= 11 is 3.17. The monoisotopic (exact) mass is 315 g/mol. The molecule has 0 radical (unpaired) electrons. The van der Waals surface area contributed by atoms with E-state index in [1.165, 1.54) is 0 Å². The van der Waals surface area contributed by atoms with E-state index in [-0.39, 0.29) is 15.8 Å². The first kappa shape index (κ1) is 12.0. The van der Waals surface area contributed by atoms with Crippen LogP contribution in [0.15, 0.2) is 63.9 Å². The molecule has 0 bridgehead atoms. The third kappa shape index (κ3) is 1.85. The van der Waals surface area contributed by atoms with Gasteiger partial charge in [-0.25, -0.2) is 0 Å². The number of pyridine rings is 1. The van der Waals surface area contributed by atoms with Crippen LogP contribution in [0, 0.1) is 0 Å². The maximum atomic E-state index is 12.4. The van der Waals surface area contributed by atoms with Gasteiger partial charge in [-0.2, -0.15) is 0 Å². The van der Waals surface area contributed by atoms with Gasteiger partial charge in [-0.3, -0.25) is 9.36 Å². The van der Waals surface area contributed by atoms with Gasteiger partial charge in [-0.05, 0) is 40.2 Å². The van der Waals surface area contributed by atoms with Gasteiger partial charge >= 0.3 is 0 Å². The van der Waals surface area contributed by atoms with Gasteiger partial charge in [-0.1, -0.05) is 30.3 Å². The van der Waals surface area contributed by atoms with Crippen molar-refractivity contribution in [1.29, 1.82) is 0 Å². The second kappa shape index (κ2) is 4.55. The van der Waals surface area contributed by atoms with Crippen LogP contribution in [0.5, 0.6) is 5.75 Å². The molecule has 0 amide bonds. The molecule has 0 unspecified atom stereocenters. The zero-order chi connectivity index (χ0) is 13.4. The van der Waals surface area contributed by atoms with Crippen LogP contribution >= 0.6 is 15.9 Å². The smallest absolute Gasteiger partial charge is 0.273 e. The number of nitrogens with zero attached hydrogens (tertiary/aromatic N) is 1. The zero-order valence-electron chi connectivity index (χ0n) is 9.88. The third-order valence-corrected chi connectivity index (χ3v) is 3.73. The molecule has 1 aromatic heterocycles. The highest BCUT2D eigenvalue weighted by Gasteiger charge is 2.14. The Kier molecular flexibility index (Phi) is 2.87. The van der Waals surface area contributed by atoms with Gasteiger partial charge in [0.2, 0.25) is 0 Å². The van der Waals surface area contributed by atoms with Crippen molar-refractivity contribution in [1.82, 2.24) is 4.57 Å². The van der Waals surface area contributed by atoms with Gasteiger partial charge in [0.15, 0.2) is 0 Å². The molecule has 19 heavy (non-hydrogen) atoms. The number of benzene rings is 2. The molecule has 0 saturated heterocycles. The average Bonchev–Trinajstić information content (AvgIpc) is 2.46. The molecule has 0 fully saturated rings. The number of hydrogen-bond donors (Lipinski definition) is 1. The fraction of sp³-hybridized carbons (Fsp3) is 0. The lowest BCUT2D eigenvalue weighted by molar-refractivity contribution is 0.476. The Morgan fingerprint density at radius 2 is 1.58 bits per heavy atom. The number of hydrogen-bond acceptors (Lipinski definition) is 2. The molecule has 0 saturated carbocycles. The second-order valence-electron chi connectivity index (χ2n) is 4.16. The Bertz CT molecular complexity index is 809. The maximum absolute atomic E-state index is 12.4. The van der Waals surface area contributed by atoms with Gasteiger partial charge in [0.1, 0.15) is 10.2 Å². The molecule has 0 aliphatic carbocycles. The normalized spacial score (nSPS) is 10.8. The van der Waals surface area contributed by atoms with E-state index >= 15 is 0 Å². The fourth-order valence-corrected chi connectivity index (χ4v) is 2.52. The highest BCUT2D eigenvalue weighted by Crippen LogP contribution is 2.30. The van der Waals surface area contributed by atoms with E-state index in [0.717, 1.165) is 5.69 Å². The van der Waals surface area contributed by atoms with Gasteiger partial charge in [-0.15, -0.1) is 0 Å². The van der Waals surface area contributed by atoms with Crippen molar-refractivity contribution < 1.29 is 5.11 Å². The van der Waals surface area contributed by atoms with Crippen molar-refractivity contribution in [3.8, 4) is 11.4 Å². The van der Waals surface area contributed by atoms with Crippen molar-refractivity contribution in [3.63, 3.8) is 0 Å². The molecule has 3 nitrogen and oxygen atoms in total. The molecule has 0 aliphatic rings. The lowest BCUT2D eigenvalue weighted by atomic mass is 10.2. The van der Waals surface area contributed by atoms with E-state index in [2.05, 4.69) is 15.9 Å². The Balaban J connectivity index is 2.52. The summed E-state index contributed by atoms with van der Waals surface area (Å²) in [7, 11) is 0. The zero-order valence-corrected chi connectivity index (χ0v) is 11.5. The van der Waals surface area contributed by atoms with Crippen LogP contribution < -0.4 is 5.56 Å². The van der Waals surface area contributed by atoms with E-state index in [0.29, 0.717) is 10.9 Å². The van der Waals surface area contributed by atoms with Crippen LogP contribution in [0.3, 0.4) is 0 Å². The van der Waals surface area contributed by atoms with E-state index in [9.17, 15) is 9.90 Å². The first-order valence-corrected chi connectivity index (χ1v) is 6.57. The van der Waals surface area contributed by atoms with Crippen LogP contribution in [0.2, 0.25) is 0 Å². The highest BCUT2D eigenvalue weighted by atomic mass is 79.9. The predicted molar refractivity (Wildman–Crippen MR) is 78.9 cm³/mol. The third-order valence-electron chi connectivity index (χ3n) is 3.01. The molecule has 3 rings (SSSR count).